The number of carbonyl (C=O) groups is 1. The van der Waals surface area contributed by atoms with Crippen LogP contribution in [0.3, 0.4) is 0 Å². The molecule has 0 bridgehead atoms. The van der Waals surface area contributed by atoms with E-state index in [2.05, 4.69) is 15.6 Å². The third kappa shape index (κ3) is 4.27. The molecule has 2 N–H and O–H groups in total. The molecule has 1 heterocycles. The molecule has 1 amide bonds. The fraction of sp³-hybridized carbons (Fsp3) is 0.250. The fourth-order valence-electron chi connectivity index (χ4n) is 1.94. The normalized spacial score (nSPS) is 10.2. The zero-order valence-corrected chi connectivity index (χ0v) is 11.9. The van der Waals surface area contributed by atoms with Crippen LogP contribution in [-0.2, 0) is 6.42 Å². The van der Waals surface area contributed by atoms with Gasteiger partial charge in [0.15, 0.2) is 0 Å². The number of halogens is 1. The predicted octanol–water partition coefficient (Wildman–Crippen LogP) is 2.63. The molecule has 0 atom stereocenters. The molecule has 2 rings (SSSR count). The van der Waals surface area contributed by atoms with Gasteiger partial charge in [-0.2, -0.15) is 0 Å². The summed E-state index contributed by atoms with van der Waals surface area (Å²) in [5.41, 5.74) is 1.82. The number of pyridine rings is 1. The van der Waals surface area contributed by atoms with Gasteiger partial charge in [0.2, 0.25) is 0 Å². The quantitative estimate of drug-likeness (QED) is 0.858. The average Bonchev–Trinajstić information content (AvgIpc) is 2.50. The van der Waals surface area contributed by atoms with Crippen LogP contribution >= 0.6 is 0 Å². The van der Waals surface area contributed by atoms with Crippen molar-refractivity contribution in [2.75, 3.05) is 18.4 Å². The molecule has 5 heteroatoms. The molecule has 0 fully saturated rings. The number of hydrogen-bond donors (Lipinski definition) is 2. The molecule has 0 saturated heterocycles. The number of benzene rings is 1. The van der Waals surface area contributed by atoms with Crippen LogP contribution in [0.1, 0.15) is 23.0 Å². The van der Waals surface area contributed by atoms with Crippen LogP contribution in [0, 0.1) is 5.82 Å². The first-order valence-corrected chi connectivity index (χ1v) is 6.92. The molecule has 110 valence electrons. The van der Waals surface area contributed by atoms with Crippen LogP contribution in [0.2, 0.25) is 0 Å². The number of rotatable bonds is 6. The van der Waals surface area contributed by atoms with Crippen molar-refractivity contribution in [3.63, 3.8) is 0 Å². The number of anilines is 1. The summed E-state index contributed by atoms with van der Waals surface area (Å²) < 4.78 is 13.4. The molecule has 0 spiro atoms. The van der Waals surface area contributed by atoms with E-state index >= 15 is 0 Å². The SMILES string of the molecule is CCNc1ccc(C(=O)NCCc2ccccc2F)nc1. The van der Waals surface area contributed by atoms with Crippen molar-refractivity contribution in [3.8, 4) is 0 Å². The average molecular weight is 287 g/mol. The number of amides is 1. The van der Waals surface area contributed by atoms with Gasteiger partial charge in [0, 0.05) is 13.1 Å². The minimum atomic E-state index is -0.255. The maximum Gasteiger partial charge on any atom is 0.269 e. The van der Waals surface area contributed by atoms with Gasteiger partial charge >= 0.3 is 0 Å². The molecule has 0 saturated carbocycles. The molecule has 1 aromatic heterocycles. The third-order valence-electron chi connectivity index (χ3n) is 3.01. The molecular weight excluding hydrogens is 269 g/mol. The standard InChI is InChI=1S/C16H18FN3O/c1-2-18-13-7-8-15(20-11-13)16(21)19-10-9-12-5-3-4-6-14(12)17/h3-8,11,18H,2,9-10H2,1H3,(H,19,21). The summed E-state index contributed by atoms with van der Waals surface area (Å²) in [6, 6.07) is 10.0. The molecule has 0 unspecified atom stereocenters. The topological polar surface area (TPSA) is 54.0 Å². The van der Waals surface area contributed by atoms with Crippen LogP contribution in [-0.4, -0.2) is 24.0 Å². The van der Waals surface area contributed by atoms with E-state index in [1.54, 1.807) is 30.5 Å². The van der Waals surface area contributed by atoms with E-state index in [1.165, 1.54) is 6.07 Å². The van der Waals surface area contributed by atoms with Crippen LogP contribution < -0.4 is 10.6 Å². The van der Waals surface area contributed by atoms with Gasteiger partial charge in [-0.25, -0.2) is 9.37 Å². The first-order chi connectivity index (χ1) is 10.2. The van der Waals surface area contributed by atoms with Crippen LogP contribution in [0.25, 0.3) is 0 Å². The lowest BCUT2D eigenvalue weighted by Gasteiger charge is -2.07. The van der Waals surface area contributed by atoms with E-state index in [-0.39, 0.29) is 11.7 Å². The number of aromatic nitrogens is 1. The summed E-state index contributed by atoms with van der Waals surface area (Å²) in [7, 11) is 0. The molecule has 4 nitrogen and oxygen atoms in total. The number of carbonyl (C=O) groups excluding carboxylic acids is 1. The van der Waals surface area contributed by atoms with Gasteiger partial charge in [-0.1, -0.05) is 18.2 Å². The van der Waals surface area contributed by atoms with Crippen molar-refractivity contribution in [3.05, 3.63) is 59.7 Å². The van der Waals surface area contributed by atoms with Gasteiger partial charge < -0.3 is 10.6 Å². The highest BCUT2D eigenvalue weighted by Gasteiger charge is 2.07. The Bertz CT molecular complexity index is 599. The van der Waals surface area contributed by atoms with Crippen LogP contribution in [0.4, 0.5) is 10.1 Å². The lowest BCUT2D eigenvalue weighted by Crippen LogP contribution is -2.26. The molecule has 2 aromatic rings. The van der Waals surface area contributed by atoms with Gasteiger partial charge in [-0.05, 0) is 37.1 Å². The van der Waals surface area contributed by atoms with E-state index in [9.17, 15) is 9.18 Å². The highest BCUT2D eigenvalue weighted by atomic mass is 19.1. The maximum absolute atomic E-state index is 13.4. The van der Waals surface area contributed by atoms with Gasteiger partial charge in [0.05, 0.1) is 11.9 Å². The van der Waals surface area contributed by atoms with Gasteiger partial charge in [0.25, 0.3) is 5.91 Å². The Hall–Kier alpha value is -2.43. The highest BCUT2D eigenvalue weighted by Crippen LogP contribution is 2.07. The first-order valence-electron chi connectivity index (χ1n) is 6.92. The molecule has 0 aliphatic heterocycles. The van der Waals surface area contributed by atoms with E-state index < -0.39 is 0 Å². The summed E-state index contributed by atoms with van der Waals surface area (Å²) in [6.45, 7) is 3.16. The van der Waals surface area contributed by atoms with Crippen molar-refractivity contribution in [2.24, 2.45) is 0 Å². The van der Waals surface area contributed by atoms with E-state index in [0.717, 1.165) is 12.2 Å². The first kappa shape index (κ1) is 15.0. The number of nitrogens with one attached hydrogen (secondary N) is 2. The van der Waals surface area contributed by atoms with E-state index in [1.807, 2.05) is 13.0 Å². The lowest BCUT2D eigenvalue weighted by molar-refractivity contribution is 0.0949. The number of nitrogens with zero attached hydrogens (tertiary/aromatic N) is 1. The highest BCUT2D eigenvalue weighted by molar-refractivity contribution is 5.92. The van der Waals surface area contributed by atoms with Crippen molar-refractivity contribution in [2.45, 2.75) is 13.3 Å². The lowest BCUT2D eigenvalue weighted by atomic mass is 10.1. The maximum atomic E-state index is 13.4. The number of hydrogen-bond acceptors (Lipinski definition) is 3. The van der Waals surface area contributed by atoms with Crippen molar-refractivity contribution < 1.29 is 9.18 Å². The predicted molar refractivity (Wildman–Crippen MR) is 80.8 cm³/mol. The van der Waals surface area contributed by atoms with Gasteiger partial charge in [-0.3, -0.25) is 4.79 Å². The zero-order chi connectivity index (χ0) is 15.1. The zero-order valence-electron chi connectivity index (χ0n) is 11.9. The minimum Gasteiger partial charge on any atom is -0.384 e. The molecule has 0 radical (unpaired) electrons. The Morgan fingerprint density at radius 2 is 2.05 bits per heavy atom. The van der Waals surface area contributed by atoms with Gasteiger partial charge in [0.1, 0.15) is 11.5 Å². The Morgan fingerprint density at radius 3 is 2.71 bits per heavy atom. The summed E-state index contributed by atoms with van der Waals surface area (Å²) in [5, 5.41) is 5.85. The van der Waals surface area contributed by atoms with Crippen molar-refractivity contribution in [1.82, 2.24) is 10.3 Å². The third-order valence-corrected chi connectivity index (χ3v) is 3.01. The summed E-state index contributed by atoms with van der Waals surface area (Å²) in [6.07, 6.45) is 2.07. The summed E-state index contributed by atoms with van der Waals surface area (Å²) >= 11 is 0. The second kappa shape index (κ2) is 7.38. The Kier molecular flexibility index (Phi) is 5.26. The van der Waals surface area contributed by atoms with Crippen molar-refractivity contribution in [1.29, 1.82) is 0 Å². The van der Waals surface area contributed by atoms with Crippen LogP contribution in [0.5, 0.6) is 0 Å². The Morgan fingerprint density at radius 1 is 1.24 bits per heavy atom. The molecule has 21 heavy (non-hydrogen) atoms. The minimum absolute atomic E-state index is 0.250. The Balaban J connectivity index is 1.85. The van der Waals surface area contributed by atoms with E-state index in [4.69, 9.17) is 0 Å². The van der Waals surface area contributed by atoms with Crippen LogP contribution in [0.15, 0.2) is 42.6 Å². The monoisotopic (exact) mass is 287 g/mol. The summed E-state index contributed by atoms with van der Waals surface area (Å²) in [4.78, 5) is 16.0. The summed E-state index contributed by atoms with van der Waals surface area (Å²) in [5.74, 6) is -0.505. The smallest absolute Gasteiger partial charge is 0.269 e. The largest absolute Gasteiger partial charge is 0.384 e. The van der Waals surface area contributed by atoms with E-state index in [0.29, 0.717) is 24.2 Å². The second-order valence-electron chi connectivity index (χ2n) is 4.56. The molecule has 0 aliphatic carbocycles. The second-order valence-corrected chi connectivity index (χ2v) is 4.56. The van der Waals surface area contributed by atoms with Crippen molar-refractivity contribution >= 4 is 11.6 Å². The molecule has 0 aliphatic rings. The molecule has 1 aromatic carbocycles. The fourth-order valence-corrected chi connectivity index (χ4v) is 1.94. The molecular formula is C16H18FN3O. The van der Waals surface area contributed by atoms with Gasteiger partial charge in [-0.15, -0.1) is 0 Å². The Labute approximate surface area is 123 Å².